The number of thiazole rings is 1. The zero-order valence-corrected chi connectivity index (χ0v) is 15.4. The molecule has 2 aromatic heterocycles. The van der Waals surface area contributed by atoms with Crippen LogP contribution < -0.4 is 4.90 Å². The van der Waals surface area contributed by atoms with Crippen LogP contribution in [0, 0.1) is 24.0 Å². The Kier molecular flexibility index (Phi) is 4.81. The highest BCUT2D eigenvalue weighted by molar-refractivity contribution is 7.14. The summed E-state index contributed by atoms with van der Waals surface area (Å²) in [6.07, 6.45) is 0. The van der Waals surface area contributed by atoms with E-state index in [1.54, 1.807) is 18.5 Å². The Morgan fingerprint density at radius 3 is 2.58 bits per heavy atom. The third kappa shape index (κ3) is 3.33. The molecule has 0 bridgehead atoms. The van der Waals surface area contributed by atoms with E-state index in [9.17, 15) is 14.9 Å². The Bertz CT molecular complexity index is 964. The minimum absolute atomic E-state index is 0.0232. The van der Waals surface area contributed by atoms with Crippen molar-refractivity contribution in [3.05, 3.63) is 62.9 Å². The lowest BCUT2D eigenvalue weighted by Gasteiger charge is -2.17. The zero-order valence-electron chi connectivity index (χ0n) is 14.5. The first-order valence-electron chi connectivity index (χ1n) is 7.87. The molecule has 0 aliphatic heterocycles. The molecule has 0 radical (unpaired) electrons. The Balaban J connectivity index is 1.89. The maximum Gasteiger partial charge on any atom is 0.312 e. The molecule has 9 heteroatoms. The number of benzene rings is 1. The fourth-order valence-electron chi connectivity index (χ4n) is 2.73. The van der Waals surface area contributed by atoms with Gasteiger partial charge in [-0.25, -0.2) is 4.98 Å². The SMILES string of the molecule is CC(=O)N(c1ccccc1)c1nc(Cn2nc(C)c([N+](=O)[O-])c2C)cs1. The Labute approximate surface area is 153 Å². The third-order valence-corrected chi connectivity index (χ3v) is 4.77. The van der Waals surface area contributed by atoms with E-state index in [4.69, 9.17) is 0 Å². The van der Waals surface area contributed by atoms with Gasteiger partial charge in [0.1, 0.15) is 11.4 Å². The van der Waals surface area contributed by atoms with Gasteiger partial charge < -0.3 is 0 Å². The van der Waals surface area contributed by atoms with E-state index in [1.165, 1.54) is 23.2 Å². The van der Waals surface area contributed by atoms with E-state index in [-0.39, 0.29) is 11.6 Å². The quantitative estimate of drug-likeness (QED) is 0.504. The van der Waals surface area contributed by atoms with Crippen LogP contribution in [0.4, 0.5) is 16.5 Å². The number of para-hydroxylation sites is 1. The predicted octanol–water partition coefficient (Wildman–Crippen LogP) is 3.60. The van der Waals surface area contributed by atoms with Crippen molar-refractivity contribution in [2.24, 2.45) is 0 Å². The second-order valence-corrected chi connectivity index (χ2v) is 6.58. The summed E-state index contributed by atoms with van der Waals surface area (Å²) in [5, 5.41) is 17.7. The van der Waals surface area contributed by atoms with Crippen LogP contribution in [0.5, 0.6) is 0 Å². The number of carbonyl (C=O) groups is 1. The summed E-state index contributed by atoms with van der Waals surface area (Å²) in [5.41, 5.74) is 2.30. The van der Waals surface area contributed by atoms with Crippen LogP contribution in [0.15, 0.2) is 35.7 Å². The molecule has 1 amide bonds. The maximum atomic E-state index is 12.1. The molecular weight excluding hydrogens is 354 g/mol. The van der Waals surface area contributed by atoms with E-state index >= 15 is 0 Å². The van der Waals surface area contributed by atoms with Crippen molar-refractivity contribution < 1.29 is 9.72 Å². The molecule has 0 saturated carbocycles. The average molecular weight is 371 g/mol. The molecule has 0 atom stereocenters. The molecule has 0 N–H and O–H groups in total. The second kappa shape index (κ2) is 7.04. The number of amides is 1. The minimum atomic E-state index is -0.423. The lowest BCUT2D eigenvalue weighted by molar-refractivity contribution is -0.386. The molecule has 26 heavy (non-hydrogen) atoms. The Morgan fingerprint density at radius 2 is 2.00 bits per heavy atom. The molecular formula is C17H17N5O3S. The van der Waals surface area contributed by atoms with E-state index < -0.39 is 4.92 Å². The number of hydrogen-bond donors (Lipinski definition) is 0. The summed E-state index contributed by atoms with van der Waals surface area (Å²) in [6, 6.07) is 9.27. The highest BCUT2D eigenvalue weighted by Gasteiger charge is 2.23. The first-order valence-corrected chi connectivity index (χ1v) is 8.75. The molecule has 134 valence electrons. The Morgan fingerprint density at radius 1 is 1.31 bits per heavy atom. The summed E-state index contributed by atoms with van der Waals surface area (Å²) >= 11 is 1.34. The average Bonchev–Trinajstić information content (AvgIpc) is 3.13. The smallest absolute Gasteiger partial charge is 0.274 e. The number of nitro groups is 1. The van der Waals surface area contributed by atoms with Crippen molar-refractivity contribution in [2.45, 2.75) is 27.3 Å². The van der Waals surface area contributed by atoms with Crippen molar-refractivity contribution in [2.75, 3.05) is 4.90 Å². The monoisotopic (exact) mass is 371 g/mol. The van der Waals surface area contributed by atoms with Crippen molar-refractivity contribution in [3.63, 3.8) is 0 Å². The lowest BCUT2D eigenvalue weighted by atomic mass is 10.3. The lowest BCUT2D eigenvalue weighted by Crippen LogP contribution is -2.22. The number of nitrogens with zero attached hydrogens (tertiary/aromatic N) is 5. The largest absolute Gasteiger partial charge is 0.312 e. The standard InChI is InChI=1S/C17H17N5O3S/c1-11-16(22(24)25)12(2)20(19-11)9-14-10-26-17(18-14)21(13(3)23)15-7-5-4-6-8-15/h4-8,10H,9H2,1-3H3. The van der Waals surface area contributed by atoms with Gasteiger partial charge in [-0.2, -0.15) is 5.10 Å². The van der Waals surface area contributed by atoms with Crippen molar-refractivity contribution in [1.82, 2.24) is 14.8 Å². The molecule has 2 heterocycles. The van der Waals surface area contributed by atoms with Crippen molar-refractivity contribution >= 4 is 33.8 Å². The Hall–Kier alpha value is -3.07. The van der Waals surface area contributed by atoms with Crippen molar-refractivity contribution in [1.29, 1.82) is 0 Å². The minimum Gasteiger partial charge on any atom is -0.274 e. The van der Waals surface area contributed by atoms with Crippen LogP contribution >= 0.6 is 11.3 Å². The van der Waals surface area contributed by atoms with Crippen LogP contribution in [0.3, 0.4) is 0 Å². The van der Waals surface area contributed by atoms with Gasteiger partial charge in [-0.05, 0) is 26.0 Å². The van der Waals surface area contributed by atoms with Crippen LogP contribution in [-0.2, 0) is 11.3 Å². The van der Waals surface area contributed by atoms with Gasteiger partial charge in [0.05, 0.1) is 22.8 Å². The van der Waals surface area contributed by atoms with E-state index in [0.717, 1.165) is 5.69 Å². The van der Waals surface area contributed by atoms with E-state index in [0.29, 0.717) is 28.8 Å². The molecule has 0 aliphatic carbocycles. The van der Waals surface area contributed by atoms with Gasteiger partial charge >= 0.3 is 5.69 Å². The molecule has 0 fully saturated rings. The second-order valence-electron chi connectivity index (χ2n) is 5.75. The molecule has 0 saturated heterocycles. The highest BCUT2D eigenvalue weighted by atomic mass is 32.1. The summed E-state index contributed by atoms with van der Waals surface area (Å²) in [4.78, 5) is 28.9. The topological polar surface area (TPSA) is 94.2 Å². The summed E-state index contributed by atoms with van der Waals surface area (Å²) < 4.78 is 1.56. The molecule has 0 aliphatic rings. The number of rotatable bonds is 5. The zero-order chi connectivity index (χ0) is 18.8. The summed E-state index contributed by atoms with van der Waals surface area (Å²) in [5.74, 6) is -0.140. The van der Waals surface area contributed by atoms with Gasteiger partial charge in [-0.3, -0.25) is 24.5 Å². The molecule has 0 unspecified atom stereocenters. The van der Waals surface area contributed by atoms with Gasteiger partial charge in [-0.15, -0.1) is 11.3 Å². The van der Waals surface area contributed by atoms with Crippen LogP contribution in [0.25, 0.3) is 0 Å². The van der Waals surface area contributed by atoms with Gasteiger partial charge in [0.2, 0.25) is 5.91 Å². The molecule has 1 aromatic carbocycles. The fraction of sp³-hybridized carbons (Fsp3) is 0.235. The van der Waals surface area contributed by atoms with E-state index in [1.807, 2.05) is 35.7 Å². The maximum absolute atomic E-state index is 12.1. The first kappa shape index (κ1) is 17.7. The van der Waals surface area contributed by atoms with Gasteiger partial charge in [-0.1, -0.05) is 18.2 Å². The van der Waals surface area contributed by atoms with Crippen LogP contribution in [-0.4, -0.2) is 25.6 Å². The summed E-state index contributed by atoms with van der Waals surface area (Å²) in [6.45, 7) is 5.06. The highest BCUT2D eigenvalue weighted by Crippen LogP contribution is 2.29. The number of hydrogen-bond acceptors (Lipinski definition) is 6. The van der Waals surface area contributed by atoms with Gasteiger partial charge in [0.15, 0.2) is 5.13 Å². The van der Waals surface area contributed by atoms with E-state index in [2.05, 4.69) is 10.1 Å². The molecule has 3 rings (SSSR count). The number of aromatic nitrogens is 3. The fourth-order valence-corrected chi connectivity index (χ4v) is 3.61. The van der Waals surface area contributed by atoms with Crippen LogP contribution in [0.2, 0.25) is 0 Å². The van der Waals surface area contributed by atoms with Crippen LogP contribution in [0.1, 0.15) is 24.0 Å². The van der Waals surface area contributed by atoms with Crippen molar-refractivity contribution in [3.8, 4) is 0 Å². The predicted molar refractivity (Wildman–Crippen MR) is 98.8 cm³/mol. The number of anilines is 2. The number of carbonyl (C=O) groups excluding carboxylic acids is 1. The molecule has 0 spiro atoms. The van der Waals surface area contributed by atoms with Gasteiger partial charge in [0, 0.05) is 12.3 Å². The molecule has 3 aromatic rings. The number of aryl methyl sites for hydroxylation is 1. The third-order valence-electron chi connectivity index (χ3n) is 3.90. The van der Waals surface area contributed by atoms with Gasteiger partial charge in [0.25, 0.3) is 0 Å². The first-order chi connectivity index (χ1) is 12.4. The molecule has 8 nitrogen and oxygen atoms in total. The summed E-state index contributed by atoms with van der Waals surface area (Å²) in [7, 11) is 0. The normalized spacial score (nSPS) is 10.7.